The minimum absolute atomic E-state index is 0.251. The highest BCUT2D eigenvalue weighted by molar-refractivity contribution is 6.40. The van der Waals surface area contributed by atoms with Crippen LogP contribution in [-0.2, 0) is 0 Å². The third-order valence-corrected chi connectivity index (χ3v) is 4.34. The van der Waals surface area contributed by atoms with Gasteiger partial charge in [0.15, 0.2) is 0 Å². The lowest BCUT2D eigenvalue weighted by Crippen LogP contribution is -2.38. The molecule has 0 bridgehead atoms. The van der Waals surface area contributed by atoms with Gasteiger partial charge in [0.2, 0.25) is 5.96 Å². The topological polar surface area (TPSA) is 66.8 Å². The number of anilines is 1. The smallest absolute Gasteiger partial charge is 0.279 e. The van der Waals surface area contributed by atoms with Gasteiger partial charge >= 0.3 is 0 Å². The molecule has 26 heavy (non-hydrogen) atoms. The fraction of sp³-hybridized carbons (Fsp3) is 0.278. The summed E-state index contributed by atoms with van der Waals surface area (Å²) in [5.41, 5.74) is 0.834. The maximum Gasteiger partial charge on any atom is 0.279 e. The van der Waals surface area contributed by atoms with Crippen molar-refractivity contribution in [1.82, 2.24) is 9.88 Å². The standard InChI is InChI=1S/C18H18Cl2N4O2/c1-2-10-26-12-6-7-15(22-11-12)17(25)24-9-8-21-18(24)23-16-13(19)4-3-5-14(16)20/h3-7,11H,2,8-10H2,1H3,(H,21,23). The Bertz CT molecular complexity index is 804. The van der Waals surface area contributed by atoms with Crippen LogP contribution in [0.4, 0.5) is 5.69 Å². The largest absolute Gasteiger partial charge is 0.492 e. The van der Waals surface area contributed by atoms with Crippen LogP contribution in [0.3, 0.4) is 0 Å². The van der Waals surface area contributed by atoms with Gasteiger partial charge < -0.3 is 10.1 Å². The van der Waals surface area contributed by atoms with Gasteiger partial charge in [-0.25, -0.2) is 4.98 Å². The van der Waals surface area contributed by atoms with Crippen molar-refractivity contribution in [2.24, 2.45) is 4.99 Å². The molecular formula is C18H18Cl2N4O2. The molecule has 0 saturated heterocycles. The van der Waals surface area contributed by atoms with Gasteiger partial charge in [-0.2, -0.15) is 0 Å². The highest BCUT2D eigenvalue weighted by atomic mass is 35.5. The Labute approximate surface area is 161 Å². The number of hydrogen-bond acceptors (Lipinski definition) is 5. The highest BCUT2D eigenvalue weighted by Gasteiger charge is 2.26. The van der Waals surface area contributed by atoms with Crippen LogP contribution >= 0.6 is 23.2 Å². The van der Waals surface area contributed by atoms with E-state index in [0.717, 1.165) is 6.42 Å². The number of aliphatic imine (C=N–C) groups is 1. The van der Waals surface area contributed by atoms with E-state index in [1.807, 2.05) is 6.92 Å². The molecule has 1 aromatic carbocycles. The molecule has 136 valence electrons. The number of carbonyl (C=O) groups is 1. The molecule has 0 aliphatic carbocycles. The van der Waals surface area contributed by atoms with Crippen LogP contribution in [0.2, 0.25) is 10.0 Å². The second kappa shape index (κ2) is 8.38. The molecule has 0 unspecified atom stereocenters. The number of ether oxygens (including phenoxy) is 1. The molecule has 8 heteroatoms. The molecule has 2 aromatic rings. The SMILES string of the molecule is CCCOc1ccc(C(=O)N2CCN=C2Nc2c(Cl)cccc2Cl)nc1. The van der Waals surface area contributed by atoms with Crippen molar-refractivity contribution in [2.45, 2.75) is 13.3 Å². The third kappa shape index (κ3) is 4.08. The Kier molecular flexibility index (Phi) is 5.96. The fourth-order valence-electron chi connectivity index (χ4n) is 2.43. The molecule has 1 amide bonds. The number of nitrogens with zero attached hydrogens (tertiary/aromatic N) is 3. The molecule has 6 nitrogen and oxygen atoms in total. The monoisotopic (exact) mass is 392 g/mol. The van der Waals surface area contributed by atoms with E-state index in [1.54, 1.807) is 36.5 Å². The maximum absolute atomic E-state index is 12.8. The van der Waals surface area contributed by atoms with Gasteiger partial charge in [-0.1, -0.05) is 36.2 Å². The van der Waals surface area contributed by atoms with Gasteiger partial charge in [-0.3, -0.25) is 14.7 Å². The molecule has 3 rings (SSSR count). The van der Waals surface area contributed by atoms with Gasteiger partial charge in [0.25, 0.3) is 5.91 Å². The van der Waals surface area contributed by atoms with E-state index >= 15 is 0 Å². The maximum atomic E-state index is 12.8. The van der Waals surface area contributed by atoms with Crippen LogP contribution in [-0.4, -0.2) is 41.4 Å². The molecule has 1 N–H and O–H groups in total. The predicted octanol–water partition coefficient (Wildman–Crippen LogP) is 4.10. The second-order valence-corrected chi connectivity index (χ2v) is 6.43. The number of pyridine rings is 1. The Morgan fingerprint density at radius 2 is 2.04 bits per heavy atom. The normalized spacial score (nSPS) is 13.5. The first kappa shape index (κ1) is 18.5. The summed E-state index contributed by atoms with van der Waals surface area (Å²) in [6, 6.07) is 8.57. The van der Waals surface area contributed by atoms with Crippen LogP contribution in [0.5, 0.6) is 5.75 Å². The van der Waals surface area contributed by atoms with Gasteiger partial charge in [0.1, 0.15) is 11.4 Å². The van der Waals surface area contributed by atoms with Crippen molar-refractivity contribution in [1.29, 1.82) is 0 Å². The van der Waals surface area contributed by atoms with Crippen molar-refractivity contribution in [3.8, 4) is 5.75 Å². The summed E-state index contributed by atoms with van der Waals surface area (Å²) in [7, 11) is 0. The van der Waals surface area contributed by atoms with Crippen molar-refractivity contribution in [2.75, 3.05) is 25.0 Å². The van der Waals surface area contributed by atoms with E-state index in [0.29, 0.717) is 52.8 Å². The number of hydrogen-bond donors (Lipinski definition) is 1. The zero-order valence-corrected chi connectivity index (χ0v) is 15.7. The number of halogens is 2. The first-order valence-corrected chi connectivity index (χ1v) is 9.02. The Morgan fingerprint density at radius 3 is 2.69 bits per heavy atom. The number of benzene rings is 1. The summed E-state index contributed by atoms with van der Waals surface area (Å²) < 4.78 is 5.49. The number of carbonyl (C=O) groups excluding carboxylic acids is 1. The van der Waals surface area contributed by atoms with Crippen LogP contribution in [0.15, 0.2) is 41.5 Å². The second-order valence-electron chi connectivity index (χ2n) is 5.61. The van der Waals surface area contributed by atoms with Crippen LogP contribution in [0.25, 0.3) is 0 Å². The molecule has 0 fully saturated rings. The van der Waals surface area contributed by atoms with Gasteiger partial charge in [0, 0.05) is 6.54 Å². The molecule has 0 atom stereocenters. The molecule has 1 aliphatic rings. The zero-order valence-electron chi connectivity index (χ0n) is 14.2. The number of aromatic nitrogens is 1. The first-order chi connectivity index (χ1) is 12.6. The number of amides is 1. The van der Waals surface area contributed by atoms with E-state index < -0.39 is 0 Å². The van der Waals surface area contributed by atoms with E-state index in [2.05, 4.69) is 15.3 Å². The van der Waals surface area contributed by atoms with Gasteiger partial charge in [-0.15, -0.1) is 0 Å². The van der Waals surface area contributed by atoms with Gasteiger partial charge in [-0.05, 0) is 30.7 Å². The van der Waals surface area contributed by atoms with Crippen LogP contribution in [0.1, 0.15) is 23.8 Å². The number of para-hydroxylation sites is 1. The zero-order chi connectivity index (χ0) is 18.5. The molecule has 1 aliphatic heterocycles. The van der Waals surface area contributed by atoms with E-state index in [-0.39, 0.29) is 5.91 Å². The summed E-state index contributed by atoms with van der Waals surface area (Å²) in [6.07, 6.45) is 2.46. The van der Waals surface area contributed by atoms with E-state index in [4.69, 9.17) is 27.9 Å². The van der Waals surface area contributed by atoms with Gasteiger partial charge in [0.05, 0.1) is 35.1 Å². The van der Waals surface area contributed by atoms with Crippen LogP contribution < -0.4 is 10.1 Å². The summed E-state index contributed by atoms with van der Waals surface area (Å²) in [5.74, 6) is 0.789. The third-order valence-electron chi connectivity index (χ3n) is 3.71. The molecule has 0 radical (unpaired) electrons. The molecular weight excluding hydrogens is 375 g/mol. The van der Waals surface area contributed by atoms with E-state index in [9.17, 15) is 4.79 Å². The van der Waals surface area contributed by atoms with Crippen LogP contribution in [0, 0.1) is 0 Å². The molecule has 0 spiro atoms. The molecule has 2 heterocycles. The number of rotatable bonds is 5. The lowest BCUT2D eigenvalue weighted by atomic mass is 10.3. The molecule has 1 aromatic heterocycles. The first-order valence-electron chi connectivity index (χ1n) is 8.26. The molecule has 0 saturated carbocycles. The number of nitrogens with one attached hydrogen (secondary N) is 1. The lowest BCUT2D eigenvalue weighted by Gasteiger charge is -2.20. The Morgan fingerprint density at radius 1 is 1.27 bits per heavy atom. The Hall–Kier alpha value is -2.31. The summed E-state index contributed by atoms with van der Waals surface area (Å²) in [6.45, 7) is 3.59. The minimum Gasteiger partial charge on any atom is -0.492 e. The summed E-state index contributed by atoms with van der Waals surface area (Å²) in [4.78, 5) is 22.8. The quantitative estimate of drug-likeness (QED) is 0.831. The van der Waals surface area contributed by atoms with Crippen molar-refractivity contribution in [3.63, 3.8) is 0 Å². The fourth-order valence-corrected chi connectivity index (χ4v) is 2.92. The number of guanidine groups is 1. The predicted molar refractivity (Wildman–Crippen MR) is 103 cm³/mol. The van der Waals surface area contributed by atoms with E-state index in [1.165, 1.54) is 4.90 Å². The summed E-state index contributed by atoms with van der Waals surface area (Å²) in [5, 5.41) is 3.96. The highest BCUT2D eigenvalue weighted by Crippen LogP contribution is 2.30. The minimum atomic E-state index is -0.251. The lowest BCUT2D eigenvalue weighted by molar-refractivity contribution is 0.0852. The van der Waals surface area contributed by atoms with Crippen molar-refractivity contribution >= 4 is 40.8 Å². The van der Waals surface area contributed by atoms with Crippen molar-refractivity contribution < 1.29 is 9.53 Å². The van der Waals surface area contributed by atoms with Crippen molar-refractivity contribution in [3.05, 3.63) is 52.3 Å². The summed E-state index contributed by atoms with van der Waals surface area (Å²) >= 11 is 12.4. The Balaban J connectivity index is 1.74. The average molecular weight is 393 g/mol. The average Bonchev–Trinajstić information content (AvgIpc) is 3.11.